The van der Waals surface area contributed by atoms with Crippen LogP contribution in [0, 0.1) is 10.1 Å². The molecule has 10 heteroatoms. The smallest absolute Gasteiger partial charge is 0.345 e. The van der Waals surface area contributed by atoms with Gasteiger partial charge >= 0.3 is 13.6 Å². The summed E-state index contributed by atoms with van der Waals surface area (Å²) in [5.74, 6) is -2.62. The highest BCUT2D eigenvalue weighted by Crippen LogP contribution is 2.57. The van der Waals surface area contributed by atoms with E-state index < -0.39 is 36.6 Å². The lowest BCUT2D eigenvalue weighted by atomic mass is 9.95. The molecule has 0 aromatic heterocycles. The van der Waals surface area contributed by atoms with Crippen molar-refractivity contribution in [2.45, 2.75) is 25.4 Å². The molecule has 0 aliphatic carbocycles. The van der Waals surface area contributed by atoms with Crippen molar-refractivity contribution in [3.8, 4) is 0 Å². The molecule has 0 aliphatic heterocycles. The Bertz CT molecular complexity index is 612. The molecular formula is C14H19BrNO7P. The monoisotopic (exact) mass is 423 g/mol. The van der Waals surface area contributed by atoms with E-state index in [9.17, 15) is 24.6 Å². The highest BCUT2D eigenvalue weighted by atomic mass is 79.9. The maximum atomic E-state index is 13.0. The van der Waals surface area contributed by atoms with Crippen LogP contribution in [-0.2, 0) is 18.4 Å². The van der Waals surface area contributed by atoms with Crippen molar-refractivity contribution < 1.29 is 28.4 Å². The Morgan fingerprint density at radius 3 is 2.17 bits per heavy atom. The predicted molar refractivity (Wildman–Crippen MR) is 91.0 cm³/mol. The first-order chi connectivity index (χ1) is 11.2. The number of hydrogen-bond donors (Lipinski definition) is 1. The molecule has 1 aromatic carbocycles. The van der Waals surface area contributed by atoms with E-state index in [1.807, 2.05) is 0 Å². The van der Waals surface area contributed by atoms with Crippen LogP contribution in [-0.4, -0.2) is 41.4 Å². The molecule has 0 fully saturated rings. The third kappa shape index (κ3) is 5.37. The van der Waals surface area contributed by atoms with E-state index in [-0.39, 0.29) is 13.2 Å². The first-order valence-electron chi connectivity index (χ1n) is 7.24. The Morgan fingerprint density at radius 1 is 1.29 bits per heavy atom. The topological polar surface area (TPSA) is 116 Å². The van der Waals surface area contributed by atoms with E-state index in [1.165, 1.54) is 0 Å². The lowest BCUT2D eigenvalue weighted by Crippen LogP contribution is -2.34. The fraction of sp³-hybridized carbons (Fsp3) is 0.500. The van der Waals surface area contributed by atoms with E-state index >= 15 is 0 Å². The van der Waals surface area contributed by atoms with E-state index in [0.717, 1.165) is 4.47 Å². The molecule has 0 amide bonds. The van der Waals surface area contributed by atoms with Crippen LogP contribution in [0.4, 0.5) is 0 Å². The van der Waals surface area contributed by atoms with Crippen LogP contribution >= 0.6 is 23.5 Å². The van der Waals surface area contributed by atoms with Gasteiger partial charge in [-0.3, -0.25) is 19.5 Å². The number of halogens is 1. The summed E-state index contributed by atoms with van der Waals surface area (Å²) in [5, 5.41) is 20.6. The van der Waals surface area contributed by atoms with Gasteiger partial charge < -0.3 is 14.2 Å². The molecule has 0 spiro atoms. The Hall–Kier alpha value is -1.28. The molecule has 0 radical (unpaired) electrons. The second-order valence-corrected chi connectivity index (χ2v) is 7.90. The largest absolute Gasteiger partial charge is 0.481 e. The van der Waals surface area contributed by atoms with Gasteiger partial charge in [-0.05, 0) is 31.5 Å². The molecule has 2 atom stereocenters. The average Bonchev–Trinajstić information content (AvgIpc) is 2.47. The SMILES string of the molecule is CCOP(=O)(OCC)[C@@H](C(=O)O)[C@@H](C[N+](=O)[O-])c1ccc(Br)cc1. The number of carboxylic acids is 1. The zero-order valence-electron chi connectivity index (χ0n) is 13.3. The van der Waals surface area contributed by atoms with Crippen LogP contribution in [0.2, 0.25) is 0 Å². The molecule has 0 bridgehead atoms. The van der Waals surface area contributed by atoms with Gasteiger partial charge in [0, 0.05) is 9.40 Å². The summed E-state index contributed by atoms with van der Waals surface area (Å²) in [5.41, 5.74) is -1.30. The van der Waals surface area contributed by atoms with E-state index in [4.69, 9.17) is 9.05 Å². The Balaban J connectivity index is 3.41. The molecular weight excluding hydrogens is 405 g/mol. The summed E-state index contributed by atoms with van der Waals surface area (Å²) in [7, 11) is -4.09. The number of hydrogen-bond acceptors (Lipinski definition) is 6. The van der Waals surface area contributed by atoms with E-state index in [2.05, 4.69) is 15.9 Å². The molecule has 0 saturated heterocycles. The first kappa shape index (κ1) is 20.8. The second kappa shape index (κ2) is 9.27. The van der Waals surface area contributed by atoms with E-state index in [1.54, 1.807) is 38.1 Å². The molecule has 1 rings (SSSR count). The van der Waals surface area contributed by atoms with Crippen molar-refractivity contribution in [2.75, 3.05) is 19.8 Å². The molecule has 0 heterocycles. The molecule has 24 heavy (non-hydrogen) atoms. The number of rotatable bonds is 10. The highest BCUT2D eigenvalue weighted by Gasteiger charge is 2.49. The average molecular weight is 424 g/mol. The quantitative estimate of drug-likeness (QED) is 0.347. The van der Waals surface area contributed by atoms with Gasteiger partial charge in [-0.2, -0.15) is 0 Å². The minimum absolute atomic E-state index is 0.0351. The van der Waals surface area contributed by atoms with Gasteiger partial charge in [0.25, 0.3) is 0 Å². The van der Waals surface area contributed by atoms with Crippen molar-refractivity contribution in [3.63, 3.8) is 0 Å². The minimum Gasteiger partial charge on any atom is -0.481 e. The number of aliphatic carboxylic acids is 1. The van der Waals surface area contributed by atoms with Crippen LogP contribution in [0.5, 0.6) is 0 Å². The second-order valence-electron chi connectivity index (χ2n) is 4.83. The maximum absolute atomic E-state index is 13.0. The fourth-order valence-electron chi connectivity index (χ4n) is 2.34. The number of carbonyl (C=O) groups is 1. The van der Waals surface area contributed by atoms with Gasteiger partial charge in [0.2, 0.25) is 6.54 Å². The third-order valence-corrected chi connectivity index (χ3v) is 6.26. The summed E-state index contributed by atoms with van der Waals surface area (Å²) in [6.07, 6.45) is 0. The fourth-order valence-corrected chi connectivity index (χ4v) is 4.70. The van der Waals surface area contributed by atoms with Crippen LogP contribution in [0.15, 0.2) is 28.7 Å². The van der Waals surface area contributed by atoms with Crippen LogP contribution < -0.4 is 0 Å². The van der Waals surface area contributed by atoms with Gasteiger partial charge in [-0.25, -0.2) is 0 Å². The van der Waals surface area contributed by atoms with Crippen LogP contribution in [0.1, 0.15) is 25.3 Å². The standard InChI is InChI=1S/C14H19BrNO7P/c1-3-22-24(21,23-4-2)13(14(17)18)12(9-16(19)20)10-5-7-11(15)8-6-10/h5-8,12-13H,3-4,9H2,1-2H3,(H,17,18)/t12-,13+/m0/s1. The van der Waals surface area contributed by atoms with Crippen molar-refractivity contribution in [3.05, 3.63) is 44.4 Å². The molecule has 0 unspecified atom stereocenters. The molecule has 1 N–H and O–H groups in total. The molecule has 0 aliphatic rings. The van der Waals surface area contributed by atoms with Crippen molar-refractivity contribution in [1.29, 1.82) is 0 Å². The summed E-state index contributed by atoms with van der Waals surface area (Å²) < 4.78 is 23.9. The predicted octanol–water partition coefficient (Wildman–Crippen LogP) is 3.53. The Kier molecular flexibility index (Phi) is 8.02. The highest BCUT2D eigenvalue weighted by molar-refractivity contribution is 9.10. The summed E-state index contributed by atoms with van der Waals surface area (Å²) in [6, 6.07) is 6.37. The molecule has 134 valence electrons. The van der Waals surface area contributed by atoms with Gasteiger partial charge in [0.05, 0.1) is 19.1 Å². The van der Waals surface area contributed by atoms with Gasteiger partial charge in [0.1, 0.15) is 0 Å². The van der Waals surface area contributed by atoms with Gasteiger partial charge in [0.15, 0.2) is 5.66 Å². The third-order valence-electron chi connectivity index (χ3n) is 3.24. The van der Waals surface area contributed by atoms with Crippen molar-refractivity contribution in [1.82, 2.24) is 0 Å². The van der Waals surface area contributed by atoms with Crippen molar-refractivity contribution in [2.24, 2.45) is 0 Å². The summed E-state index contributed by atoms with van der Waals surface area (Å²) in [4.78, 5) is 22.2. The normalized spacial score (nSPS) is 14.1. The molecule has 0 saturated carbocycles. The van der Waals surface area contributed by atoms with Crippen LogP contribution in [0.25, 0.3) is 0 Å². The number of benzene rings is 1. The number of nitro groups is 1. The Morgan fingerprint density at radius 2 is 1.79 bits per heavy atom. The maximum Gasteiger partial charge on any atom is 0.345 e. The van der Waals surface area contributed by atoms with Gasteiger partial charge in [-0.1, -0.05) is 28.1 Å². The number of nitrogens with zero attached hydrogens (tertiary/aromatic N) is 1. The number of carboxylic acid groups (broad SMARTS) is 1. The zero-order valence-corrected chi connectivity index (χ0v) is 15.7. The lowest BCUT2D eigenvalue weighted by molar-refractivity contribution is -0.483. The first-order valence-corrected chi connectivity index (χ1v) is 9.64. The van der Waals surface area contributed by atoms with Gasteiger partial charge in [-0.15, -0.1) is 0 Å². The van der Waals surface area contributed by atoms with Crippen LogP contribution in [0.3, 0.4) is 0 Å². The zero-order chi connectivity index (χ0) is 18.3. The Labute approximate surface area is 148 Å². The van der Waals surface area contributed by atoms with Crippen molar-refractivity contribution >= 4 is 29.5 Å². The summed E-state index contributed by atoms with van der Waals surface area (Å²) >= 11 is 3.25. The summed E-state index contributed by atoms with van der Waals surface area (Å²) in [6.45, 7) is 2.32. The molecule has 1 aromatic rings. The lowest BCUT2D eigenvalue weighted by Gasteiger charge is -2.28. The minimum atomic E-state index is -4.09. The van der Waals surface area contributed by atoms with E-state index in [0.29, 0.717) is 5.56 Å². The molecule has 8 nitrogen and oxygen atoms in total.